The van der Waals surface area contributed by atoms with E-state index in [0.29, 0.717) is 33.0 Å². The summed E-state index contributed by atoms with van der Waals surface area (Å²) in [6.45, 7) is 4.51. The van der Waals surface area contributed by atoms with Crippen LogP contribution < -0.4 is 0 Å². The SMILES string of the molecule is CCCOCC(COCCO)(COCCO)COCCO. The zero-order chi connectivity index (χ0) is 15.8. The summed E-state index contributed by atoms with van der Waals surface area (Å²) in [4.78, 5) is 0. The first-order chi connectivity index (χ1) is 10.2. The van der Waals surface area contributed by atoms with Gasteiger partial charge in [-0.2, -0.15) is 0 Å². The Morgan fingerprint density at radius 1 is 0.619 bits per heavy atom. The minimum atomic E-state index is -0.519. The monoisotopic (exact) mass is 310 g/mol. The predicted molar refractivity (Wildman–Crippen MR) is 77.3 cm³/mol. The van der Waals surface area contributed by atoms with Crippen LogP contribution in [0.4, 0.5) is 0 Å². The van der Waals surface area contributed by atoms with Crippen molar-refractivity contribution in [1.29, 1.82) is 0 Å². The average Bonchev–Trinajstić information content (AvgIpc) is 2.48. The first kappa shape index (κ1) is 20.7. The van der Waals surface area contributed by atoms with Crippen LogP contribution in [0.1, 0.15) is 13.3 Å². The van der Waals surface area contributed by atoms with Crippen LogP contribution in [0.3, 0.4) is 0 Å². The molecule has 7 nitrogen and oxygen atoms in total. The van der Waals surface area contributed by atoms with E-state index in [2.05, 4.69) is 0 Å². The highest BCUT2D eigenvalue weighted by atomic mass is 16.5. The molecule has 0 aliphatic heterocycles. The standard InChI is InChI=1S/C14H30O7/c1-2-6-18-10-14(11-19-7-3-15,12-20-8-4-16)13-21-9-5-17/h15-17H,2-13H2,1H3. The first-order valence-corrected chi connectivity index (χ1v) is 7.38. The van der Waals surface area contributed by atoms with Gasteiger partial charge < -0.3 is 34.3 Å². The van der Waals surface area contributed by atoms with Crippen LogP contribution in [0, 0.1) is 5.41 Å². The van der Waals surface area contributed by atoms with Gasteiger partial charge in [0.25, 0.3) is 0 Å². The van der Waals surface area contributed by atoms with Crippen molar-refractivity contribution in [2.75, 3.05) is 72.7 Å². The van der Waals surface area contributed by atoms with E-state index in [1.807, 2.05) is 6.92 Å². The second-order valence-corrected chi connectivity index (χ2v) is 4.88. The molecule has 0 aromatic rings. The van der Waals surface area contributed by atoms with Crippen LogP contribution in [-0.2, 0) is 18.9 Å². The minimum Gasteiger partial charge on any atom is -0.394 e. The van der Waals surface area contributed by atoms with Crippen molar-refractivity contribution < 1.29 is 34.3 Å². The second-order valence-electron chi connectivity index (χ2n) is 4.88. The molecular weight excluding hydrogens is 280 g/mol. The Balaban J connectivity index is 4.52. The van der Waals surface area contributed by atoms with E-state index in [0.717, 1.165) is 6.42 Å². The number of aliphatic hydroxyl groups is 3. The molecule has 0 saturated carbocycles. The van der Waals surface area contributed by atoms with Crippen molar-refractivity contribution in [2.24, 2.45) is 5.41 Å². The third kappa shape index (κ3) is 11.0. The summed E-state index contributed by atoms with van der Waals surface area (Å²) in [7, 11) is 0. The quantitative estimate of drug-likeness (QED) is 0.328. The smallest absolute Gasteiger partial charge is 0.0698 e. The molecule has 0 aliphatic rings. The number of rotatable bonds is 16. The van der Waals surface area contributed by atoms with Crippen LogP contribution in [0.2, 0.25) is 0 Å². The van der Waals surface area contributed by atoms with E-state index in [4.69, 9.17) is 34.3 Å². The maximum atomic E-state index is 8.82. The molecule has 0 aromatic heterocycles. The summed E-state index contributed by atoms with van der Waals surface area (Å²) >= 11 is 0. The van der Waals surface area contributed by atoms with Crippen LogP contribution >= 0.6 is 0 Å². The van der Waals surface area contributed by atoms with Crippen molar-refractivity contribution in [2.45, 2.75) is 13.3 Å². The summed E-state index contributed by atoms with van der Waals surface area (Å²) in [5.41, 5.74) is -0.519. The minimum absolute atomic E-state index is 0.0547. The molecular formula is C14H30O7. The highest BCUT2D eigenvalue weighted by Gasteiger charge is 2.32. The summed E-state index contributed by atoms with van der Waals surface area (Å²) in [6.07, 6.45) is 0.905. The average molecular weight is 310 g/mol. The highest BCUT2D eigenvalue weighted by Crippen LogP contribution is 2.20. The Bertz CT molecular complexity index is 168. The normalized spacial score (nSPS) is 12.0. The van der Waals surface area contributed by atoms with Crippen LogP contribution in [-0.4, -0.2) is 88.0 Å². The third-order valence-corrected chi connectivity index (χ3v) is 2.69. The molecule has 0 bridgehead atoms. The van der Waals surface area contributed by atoms with Crippen molar-refractivity contribution >= 4 is 0 Å². The molecule has 0 heterocycles. The Morgan fingerprint density at radius 2 is 0.952 bits per heavy atom. The molecule has 0 atom stereocenters. The topological polar surface area (TPSA) is 97.6 Å². The van der Waals surface area contributed by atoms with E-state index in [1.165, 1.54) is 0 Å². The fourth-order valence-corrected chi connectivity index (χ4v) is 1.74. The Morgan fingerprint density at radius 3 is 1.24 bits per heavy atom. The van der Waals surface area contributed by atoms with E-state index in [-0.39, 0.29) is 39.6 Å². The summed E-state index contributed by atoms with van der Waals surface area (Å²) in [5, 5.41) is 26.5. The third-order valence-electron chi connectivity index (χ3n) is 2.69. The second kappa shape index (κ2) is 14.6. The van der Waals surface area contributed by atoms with Crippen molar-refractivity contribution in [3.8, 4) is 0 Å². The molecule has 0 spiro atoms. The van der Waals surface area contributed by atoms with Gasteiger partial charge in [-0.25, -0.2) is 0 Å². The molecule has 0 unspecified atom stereocenters. The van der Waals surface area contributed by atoms with Gasteiger partial charge in [-0.05, 0) is 6.42 Å². The molecule has 7 heteroatoms. The van der Waals surface area contributed by atoms with E-state index >= 15 is 0 Å². The van der Waals surface area contributed by atoms with Gasteiger partial charge in [-0.3, -0.25) is 0 Å². The molecule has 0 rings (SSSR count). The molecule has 0 fully saturated rings. The molecule has 3 N–H and O–H groups in total. The lowest BCUT2D eigenvalue weighted by Gasteiger charge is -2.32. The van der Waals surface area contributed by atoms with Crippen LogP contribution in [0.5, 0.6) is 0 Å². The molecule has 0 radical (unpaired) electrons. The lowest BCUT2D eigenvalue weighted by atomic mass is 9.92. The van der Waals surface area contributed by atoms with Crippen molar-refractivity contribution in [3.63, 3.8) is 0 Å². The van der Waals surface area contributed by atoms with Crippen molar-refractivity contribution in [3.05, 3.63) is 0 Å². The lowest BCUT2D eigenvalue weighted by Crippen LogP contribution is -2.42. The van der Waals surface area contributed by atoms with Gasteiger partial charge in [0.05, 0.1) is 71.5 Å². The van der Waals surface area contributed by atoms with Gasteiger partial charge >= 0.3 is 0 Å². The summed E-state index contributed by atoms with van der Waals surface area (Å²) in [6, 6.07) is 0. The molecule has 0 aromatic carbocycles. The Kier molecular flexibility index (Phi) is 14.5. The largest absolute Gasteiger partial charge is 0.394 e. The number of hydrogen-bond donors (Lipinski definition) is 3. The van der Waals surface area contributed by atoms with Gasteiger partial charge in [-0.15, -0.1) is 0 Å². The Hall–Kier alpha value is -0.280. The number of hydrogen-bond acceptors (Lipinski definition) is 7. The predicted octanol–water partition coefficient (Wildman–Crippen LogP) is -0.574. The molecule has 0 saturated heterocycles. The lowest BCUT2D eigenvalue weighted by molar-refractivity contribution is -0.113. The van der Waals surface area contributed by atoms with Crippen LogP contribution in [0.25, 0.3) is 0 Å². The zero-order valence-corrected chi connectivity index (χ0v) is 13.0. The van der Waals surface area contributed by atoms with Crippen LogP contribution in [0.15, 0.2) is 0 Å². The summed E-state index contributed by atoms with van der Waals surface area (Å²) in [5.74, 6) is 0. The van der Waals surface area contributed by atoms with Gasteiger partial charge in [-0.1, -0.05) is 6.92 Å². The number of ether oxygens (including phenoxy) is 4. The summed E-state index contributed by atoms with van der Waals surface area (Å²) < 4.78 is 21.9. The fourth-order valence-electron chi connectivity index (χ4n) is 1.74. The van der Waals surface area contributed by atoms with E-state index < -0.39 is 5.41 Å². The first-order valence-electron chi connectivity index (χ1n) is 7.38. The molecule has 0 aliphatic carbocycles. The van der Waals surface area contributed by atoms with E-state index in [9.17, 15) is 0 Å². The highest BCUT2D eigenvalue weighted by molar-refractivity contribution is 4.79. The Labute approximate surface area is 126 Å². The molecule has 0 amide bonds. The van der Waals surface area contributed by atoms with Gasteiger partial charge in [0.15, 0.2) is 0 Å². The van der Waals surface area contributed by atoms with Crippen molar-refractivity contribution in [1.82, 2.24) is 0 Å². The van der Waals surface area contributed by atoms with Gasteiger partial charge in [0, 0.05) is 6.61 Å². The number of aliphatic hydroxyl groups excluding tert-OH is 3. The fraction of sp³-hybridized carbons (Fsp3) is 1.00. The van der Waals surface area contributed by atoms with Gasteiger partial charge in [0.1, 0.15) is 0 Å². The maximum Gasteiger partial charge on any atom is 0.0698 e. The maximum absolute atomic E-state index is 8.82. The zero-order valence-electron chi connectivity index (χ0n) is 13.0. The molecule has 21 heavy (non-hydrogen) atoms. The van der Waals surface area contributed by atoms with E-state index in [1.54, 1.807) is 0 Å². The van der Waals surface area contributed by atoms with Gasteiger partial charge in [0.2, 0.25) is 0 Å². The molecule has 128 valence electrons.